The van der Waals surface area contributed by atoms with Gasteiger partial charge in [0.15, 0.2) is 0 Å². The van der Waals surface area contributed by atoms with Gasteiger partial charge in [-0.05, 0) is 37.6 Å². The molecule has 0 bridgehead atoms. The van der Waals surface area contributed by atoms with Crippen molar-refractivity contribution < 1.29 is 17.6 Å². The Bertz CT molecular complexity index is 882. The molecule has 5 nitrogen and oxygen atoms in total. The summed E-state index contributed by atoms with van der Waals surface area (Å²) in [7, 11) is -3.52. The van der Waals surface area contributed by atoms with Crippen LogP contribution in [0.4, 0.5) is 10.1 Å². The summed E-state index contributed by atoms with van der Waals surface area (Å²) in [5.41, 5.74) is 2.35. The lowest BCUT2D eigenvalue weighted by molar-refractivity contribution is 0.0951. The third-order valence-corrected chi connectivity index (χ3v) is 4.92. The van der Waals surface area contributed by atoms with E-state index in [1.54, 1.807) is 12.1 Å². The zero-order chi connectivity index (χ0) is 18.6. The number of amides is 1. The summed E-state index contributed by atoms with van der Waals surface area (Å²) in [4.78, 5) is 12.0. The maximum Gasteiger partial charge on any atom is 0.254 e. The van der Waals surface area contributed by atoms with Crippen molar-refractivity contribution in [1.82, 2.24) is 5.32 Å². The second-order valence-corrected chi connectivity index (χ2v) is 7.77. The number of carbonyl (C=O) groups excluding carboxylic acids is 1. The molecule has 0 atom stereocenters. The van der Waals surface area contributed by atoms with Crippen LogP contribution in [0.25, 0.3) is 0 Å². The first-order valence-corrected chi connectivity index (χ1v) is 9.62. The monoisotopic (exact) mass is 364 g/mol. The summed E-state index contributed by atoms with van der Waals surface area (Å²) in [5.74, 6) is -1.19. The molecule has 7 heteroatoms. The summed E-state index contributed by atoms with van der Waals surface area (Å²) in [6.07, 6.45) is 1.12. The first-order chi connectivity index (χ1) is 11.7. The summed E-state index contributed by atoms with van der Waals surface area (Å²) < 4.78 is 39.1. The first kappa shape index (κ1) is 18.9. The highest BCUT2D eigenvalue weighted by molar-refractivity contribution is 7.92. The number of hydrogen-bond acceptors (Lipinski definition) is 3. The molecular formula is C18H21FN2O3S. The lowest BCUT2D eigenvalue weighted by Crippen LogP contribution is -2.38. The number of carbonyl (C=O) groups is 1. The van der Waals surface area contributed by atoms with E-state index in [2.05, 4.69) is 5.32 Å². The van der Waals surface area contributed by atoms with Crippen LogP contribution in [-0.2, 0) is 10.0 Å². The number of nitrogens with one attached hydrogen (secondary N) is 1. The van der Waals surface area contributed by atoms with Crippen molar-refractivity contribution in [3.8, 4) is 0 Å². The molecule has 0 saturated carbocycles. The molecule has 0 fully saturated rings. The van der Waals surface area contributed by atoms with Gasteiger partial charge in [-0.15, -0.1) is 0 Å². The van der Waals surface area contributed by atoms with Crippen LogP contribution >= 0.6 is 0 Å². The minimum absolute atomic E-state index is 0.0585. The molecule has 2 aromatic carbocycles. The summed E-state index contributed by atoms with van der Waals surface area (Å²) >= 11 is 0. The van der Waals surface area contributed by atoms with Gasteiger partial charge in [-0.1, -0.05) is 29.8 Å². The standard InChI is InChI=1S/C18H21FN2O3S/c1-13-8-9-17(14(2)12-13)21(25(3,23)24)11-10-20-18(22)15-6-4-5-7-16(15)19/h4-9,12H,10-11H2,1-3H3,(H,20,22). The molecule has 0 saturated heterocycles. The van der Waals surface area contributed by atoms with Crippen LogP contribution in [0.1, 0.15) is 21.5 Å². The number of rotatable bonds is 6. The minimum Gasteiger partial charge on any atom is -0.350 e. The summed E-state index contributed by atoms with van der Waals surface area (Å²) in [6, 6.07) is 11.1. The molecule has 1 amide bonds. The van der Waals surface area contributed by atoms with Crippen LogP contribution in [-0.4, -0.2) is 33.7 Å². The van der Waals surface area contributed by atoms with E-state index in [0.29, 0.717) is 5.69 Å². The van der Waals surface area contributed by atoms with Gasteiger partial charge in [-0.2, -0.15) is 0 Å². The van der Waals surface area contributed by atoms with Crippen molar-refractivity contribution >= 4 is 21.6 Å². The maximum atomic E-state index is 13.6. The maximum absolute atomic E-state index is 13.6. The molecule has 1 N–H and O–H groups in total. The highest BCUT2D eigenvalue weighted by Crippen LogP contribution is 2.23. The molecule has 0 spiro atoms. The second-order valence-electron chi connectivity index (χ2n) is 5.86. The topological polar surface area (TPSA) is 66.5 Å². The third kappa shape index (κ3) is 4.79. The Balaban J connectivity index is 2.12. The Hall–Kier alpha value is -2.41. The molecule has 0 radical (unpaired) electrons. The normalized spacial score (nSPS) is 11.2. The van der Waals surface area contributed by atoms with Gasteiger partial charge < -0.3 is 5.32 Å². The van der Waals surface area contributed by atoms with E-state index < -0.39 is 21.7 Å². The van der Waals surface area contributed by atoms with Gasteiger partial charge in [-0.3, -0.25) is 9.10 Å². The smallest absolute Gasteiger partial charge is 0.254 e. The van der Waals surface area contributed by atoms with Crippen LogP contribution < -0.4 is 9.62 Å². The lowest BCUT2D eigenvalue weighted by atomic mass is 10.1. The van der Waals surface area contributed by atoms with Crippen molar-refractivity contribution in [2.45, 2.75) is 13.8 Å². The quantitative estimate of drug-likeness (QED) is 0.857. The SMILES string of the molecule is Cc1ccc(N(CCNC(=O)c2ccccc2F)S(C)(=O)=O)c(C)c1. The van der Waals surface area contributed by atoms with E-state index >= 15 is 0 Å². The van der Waals surface area contributed by atoms with E-state index in [1.165, 1.54) is 22.5 Å². The Morgan fingerprint density at radius 2 is 1.84 bits per heavy atom. The molecule has 2 rings (SSSR count). The molecule has 2 aromatic rings. The van der Waals surface area contributed by atoms with Crippen molar-refractivity contribution in [3.63, 3.8) is 0 Å². The Morgan fingerprint density at radius 1 is 1.16 bits per heavy atom. The highest BCUT2D eigenvalue weighted by Gasteiger charge is 2.19. The molecule has 0 aliphatic heterocycles. The average molecular weight is 364 g/mol. The third-order valence-electron chi connectivity index (χ3n) is 3.74. The zero-order valence-electron chi connectivity index (χ0n) is 14.4. The van der Waals surface area contributed by atoms with Gasteiger partial charge >= 0.3 is 0 Å². The molecule has 134 valence electrons. The molecule has 0 heterocycles. The van der Waals surface area contributed by atoms with Gasteiger partial charge in [0.25, 0.3) is 5.91 Å². The van der Waals surface area contributed by atoms with Crippen molar-refractivity contribution in [2.75, 3.05) is 23.7 Å². The molecule has 0 aliphatic rings. The van der Waals surface area contributed by atoms with Crippen molar-refractivity contribution in [3.05, 3.63) is 65.0 Å². The number of benzene rings is 2. The number of aryl methyl sites for hydroxylation is 2. The van der Waals surface area contributed by atoms with Crippen molar-refractivity contribution in [2.24, 2.45) is 0 Å². The van der Waals surface area contributed by atoms with Crippen LogP contribution in [0, 0.1) is 19.7 Å². The average Bonchev–Trinajstić information content (AvgIpc) is 2.51. The van der Waals surface area contributed by atoms with Gasteiger partial charge in [0.2, 0.25) is 10.0 Å². The van der Waals surface area contributed by atoms with E-state index in [-0.39, 0.29) is 18.7 Å². The zero-order valence-corrected chi connectivity index (χ0v) is 15.2. The van der Waals surface area contributed by atoms with E-state index in [9.17, 15) is 17.6 Å². The fourth-order valence-corrected chi connectivity index (χ4v) is 3.55. The summed E-state index contributed by atoms with van der Waals surface area (Å²) in [6.45, 7) is 3.88. The number of hydrogen-bond donors (Lipinski definition) is 1. The predicted molar refractivity (Wildman–Crippen MR) is 96.8 cm³/mol. The van der Waals surface area contributed by atoms with Crippen LogP contribution in [0.5, 0.6) is 0 Å². The Labute approximate surface area is 147 Å². The fraction of sp³-hybridized carbons (Fsp3) is 0.278. The van der Waals surface area contributed by atoms with Crippen LogP contribution in [0.15, 0.2) is 42.5 Å². The minimum atomic E-state index is -3.52. The number of nitrogens with zero attached hydrogens (tertiary/aromatic N) is 1. The van der Waals surface area contributed by atoms with Crippen LogP contribution in [0.2, 0.25) is 0 Å². The number of sulfonamides is 1. The molecular weight excluding hydrogens is 343 g/mol. The molecule has 0 aliphatic carbocycles. The van der Waals surface area contributed by atoms with Gasteiger partial charge in [0, 0.05) is 6.54 Å². The Kier molecular flexibility index (Phi) is 5.79. The van der Waals surface area contributed by atoms with Gasteiger partial charge in [0.05, 0.1) is 24.1 Å². The molecule has 0 aromatic heterocycles. The van der Waals surface area contributed by atoms with E-state index in [4.69, 9.17) is 0 Å². The van der Waals surface area contributed by atoms with E-state index in [1.807, 2.05) is 26.0 Å². The highest BCUT2D eigenvalue weighted by atomic mass is 32.2. The first-order valence-electron chi connectivity index (χ1n) is 7.78. The van der Waals surface area contributed by atoms with Gasteiger partial charge in [-0.25, -0.2) is 12.8 Å². The van der Waals surface area contributed by atoms with Crippen LogP contribution in [0.3, 0.4) is 0 Å². The second kappa shape index (κ2) is 7.65. The largest absolute Gasteiger partial charge is 0.350 e. The summed E-state index contributed by atoms with van der Waals surface area (Å²) in [5, 5.41) is 2.56. The number of anilines is 1. The van der Waals surface area contributed by atoms with Gasteiger partial charge in [0.1, 0.15) is 5.82 Å². The van der Waals surface area contributed by atoms with E-state index in [0.717, 1.165) is 17.4 Å². The molecule has 0 unspecified atom stereocenters. The fourth-order valence-electron chi connectivity index (χ4n) is 2.56. The van der Waals surface area contributed by atoms with Crippen molar-refractivity contribution in [1.29, 1.82) is 0 Å². The number of halogens is 1. The Morgan fingerprint density at radius 3 is 2.44 bits per heavy atom. The molecule has 25 heavy (non-hydrogen) atoms. The lowest BCUT2D eigenvalue weighted by Gasteiger charge is -2.24. The predicted octanol–water partition coefficient (Wildman–Crippen LogP) is 2.64.